The van der Waals surface area contributed by atoms with Crippen LogP contribution in [-0.4, -0.2) is 43.5 Å². The van der Waals surface area contributed by atoms with Gasteiger partial charge in [0.05, 0.1) is 36.8 Å². The van der Waals surface area contributed by atoms with Crippen molar-refractivity contribution in [2.45, 2.75) is 14.4 Å². The number of nitrogens with two attached hydrogens (primary N) is 1. The van der Waals surface area contributed by atoms with Gasteiger partial charge < -0.3 is 19.8 Å². The maximum atomic E-state index is 13.0. The third-order valence-corrected chi connectivity index (χ3v) is 5.52. The zero-order valence-corrected chi connectivity index (χ0v) is 19.5. The molecule has 2 N–H and O–H groups in total. The molecule has 4 aromatic rings. The predicted molar refractivity (Wildman–Crippen MR) is 132 cm³/mol. The van der Waals surface area contributed by atoms with E-state index >= 15 is 0 Å². The summed E-state index contributed by atoms with van der Waals surface area (Å²) < 4.78 is 13.8. The standard InChI is InChI=1S/C22H22ClN7O3.CH4/c1-11-14(9-30(3)28-11)15-8-25-21(24)20(26-15)16-10-29(2)22(31)19(27-16)13-6-12(32-4)7-17(33-5)18(13)23;/h6-10H,1-5H3,(H2,24,25);1H4. The lowest BCUT2D eigenvalue weighted by molar-refractivity contribution is 0.395. The zero-order valence-electron chi connectivity index (χ0n) is 18.8. The van der Waals surface area contributed by atoms with E-state index in [1.807, 2.05) is 20.2 Å². The highest BCUT2D eigenvalue weighted by Crippen LogP contribution is 2.38. The number of nitrogen functional groups attached to an aromatic ring is 1. The van der Waals surface area contributed by atoms with E-state index < -0.39 is 0 Å². The summed E-state index contributed by atoms with van der Waals surface area (Å²) in [4.78, 5) is 26.6. The van der Waals surface area contributed by atoms with E-state index in [-0.39, 0.29) is 29.5 Å². The Bertz CT molecular complexity index is 1430. The Hall–Kier alpha value is -3.92. The van der Waals surface area contributed by atoms with Gasteiger partial charge in [-0.2, -0.15) is 5.10 Å². The van der Waals surface area contributed by atoms with Crippen LogP contribution in [-0.2, 0) is 14.1 Å². The van der Waals surface area contributed by atoms with Gasteiger partial charge in [0.15, 0.2) is 5.82 Å². The highest BCUT2D eigenvalue weighted by molar-refractivity contribution is 6.34. The summed E-state index contributed by atoms with van der Waals surface area (Å²) in [5.41, 5.74) is 9.15. The molecule has 3 aromatic heterocycles. The molecule has 0 spiro atoms. The van der Waals surface area contributed by atoms with E-state index in [1.165, 1.54) is 18.8 Å². The summed E-state index contributed by atoms with van der Waals surface area (Å²) in [5, 5.41) is 4.59. The molecule has 4 rings (SSSR count). The summed E-state index contributed by atoms with van der Waals surface area (Å²) in [5.74, 6) is 0.995. The van der Waals surface area contributed by atoms with Gasteiger partial charge in [0.25, 0.3) is 5.56 Å². The van der Waals surface area contributed by atoms with Crippen molar-refractivity contribution in [3.05, 3.63) is 51.8 Å². The second-order valence-corrected chi connectivity index (χ2v) is 7.75. The molecule has 0 saturated heterocycles. The van der Waals surface area contributed by atoms with Crippen molar-refractivity contribution in [3.63, 3.8) is 0 Å². The molecule has 1 aromatic carbocycles. The van der Waals surface area contributed by atoms with Gasteiger partial charge in [0, 0.05) is 43.7 Å². The molecule has 0 fully saturated rings. The molecule has 0 bridgehead atoms. The molecule has 0 aliphatic carbocycles. The molecule has 0 aliphatic rings. The van der Waals surface area contributed by atoms with Crippen molar-refractivity contribution < 1.29 is 9.47 Å². The zero-order chi connectivity index (χ0) is 23.9. The molecule has 0 radical (unpaired) electrons. The Kier molecular flexibility index (Phi) is 6.92. The van der Waals surface area contributed by atoms with Crippen LogP contribution in [0.4, 0.5) is 5.82 Å². The largest absolute Gasteiger partial charge is 0.497 e. The van der Waals surface area contributed by atoms with Crippen molar-refractivity contribution in [1.82, 2.24) is 29.3 Å². The first-order valence-corrected chi connectivity index (χ1v) is 10.2. The van der Waals surface area contributed by atoms with Gasteiger partial charge in [0.1, 0.15) is 28.6 Å². The van der Waals surface area contributed by atoms with Crippen LogP contribution >= 0.6 is 11.6 Å². The highest BCUT2D eigenvalue weighted by atomic mass is 35.5. The number of anilines is 1. The van der Waals surface area contributed by atoms with E-state index in [1.54, 1.807) is 36.3 Å². The maximum absolute atomic E-state index is 13.0. The fourth-order valence-corrected chi connectivity index (χ4v) is 3.75. The van der Waals surface area contributed by atoms with Crippen molar-refractivity contribution in [1.29, 1.82) is 0 Å². The molecule has 10 nitrogen and oxygen atoms in total. The average molecular weight is 484 g/mol. The van der Waals surface area contributed by atoms with E-state index in [0.29, 0.717) is 34.1 Å². The Balaban J connectivity index is 0.00000324. The lowest BCUT2D eigenvalue weighted by Crippen LogP contribution is -2.21. The smallest absolute Gasteiger partial charge is 0.276 e. The lowest BCUT2D eigenvalue weighted by Gasteiger charge is -2.13. The molecule has 0 amide bonds. The van der Waals surface area contributed by atoms with Crippen LogP contribution in [0.2, 0.25) is 5.02 Å². The molecular formula is C23H26ClN7O3. The van der Waals surface area contributed by atoms with Gasteiger partial charge in [-0.3, -0.25) is 9.48 Å². The molecule has 3 heterocycles. The molecule has 0 unspecified atom stereocenters. The molecular weight excluding hydrogens is 458 g/mol. The summed E-state index contributed by atoms with van der Waals surface area (Å²) in [6, 6.07) is 3.26. The van der Waals surface area contributed by atoms with Gasteiger partial charge >= 0.3 is 0 Å². The number of aryl methyl sites for hydroxylation is 3. The monoisotopic (exact) mass is 483 g/mol. The fourth-order valence-electron chi connectivity index (χ4n) is 3.47. The van der Waals surface area contributed by atoms with Crippen molar-refractivity contribution >= 4 is 17.4 Å². The molecule has 178 valence electrons. The second kappa shape index (κ2) is 9.52. The Labute approximate surface area is 202 Å². The first kappa shape index (κ1) is 24.7. The van der Waals surface area contributed by atoms with Gasteiger partial charge in [-0.15, -0.1) is 0 Å². The summed E-state index contributed by atoms with van der Waals surface area (Å²) in [6.45, 7) is 1.88. The first-order chi connectivity index (χ1) is 15.7. The molecule has 0 atom stereocenters. The number of hydrogen-bond acceptors (Lipinski definition) is 8. The van der Waals surface area contributed by atoms with Gasteiger partial charge in [0.2, 0.25) is 0 Å². The third kappa shape index (κ3) is 4.32. The van der Waals surface area contributed by atoms with Crippen LogP contribution in [0.15, 0.2) is 35.5 Å². The van der Waals surface area contributed by atoms with Gasteiger partial charge in [-0.1, -0.05) is 19.0 Å². The molecule has 34 heavy (non-hydrogen) atoms. The summed E-state index contributed by atoms with van der Waals surface area (Å²) in [7, 11) is 6.43. The van der Waals surface area contributed by atoms with Crippen molar-refractivity contribution in [2.75, 3.05) is 20.0 Å². The Morgan fingerprint density at radius 1 is 1.00 bits per heavy atom. The summed E-state index contributed by atoms with van der Waals surface area (Å²) >= 11 is 6.52. The number of benzene rings is 1. The van der Waals surface area contributed by atoms with Gasteiger partial charge in [-0.05, 0) is 13.0 Å². The van der Waals surface area contributed by atoms with Crippen molar-refractivity contribution in [3.8, 4) is 45.4 Å². The topological polar surface area (TPSA) is 123 Å². The number of halogens is 1. The third-order valence-electron chi connectivity index (χ3n) is 5.13. The normalized spacial score (nSPS) is 10.6. The second-order valence-electron chi connectivity index (χ2n) is 7.37. The number of nitrogens with zero attached hydrogens (tertiary/aromatic N) is 6. The average Bonchev–Trinajstić information content (AvgIpc) is 3.14. The lowest BCUT2D eigenvalue weighted by atomic mass is 10.1. The van der Waals surface area contributed by atoms with E-state index in [2.05, 4.69) is 20.1 Å². The van der Waals surface area contributed by atoms with Crippen LogP contribution < -0.4 is 20.8 Å². The minimum absolute atomic E-state index is 0. The number of ether oxygens (including phenoxy) is 2. The fraction of sp³-hybridized carbons (Fsp3) is 0.261. The van der Waals surface area contributed by atoms with Crippen LogP contribution in [0.1, 0.15) is 13.1 Å². The number of hydrogen-bond donors (Lipinski definition) is 1. The predicted octanol–water partition coefficient (Wildman–Crippen LogP) is 3.50. The van der Waals surface area contributed by atoms with Crippen LogP contribution in [0.25, 0.3) is 33.9 Å². The van der Waals surface area contributed by atoms with Crippen molar-refractivity contribution in [2.24, 2.45) is 14.1 Å². The quantitative estimate of drug-likeness (QED) is 0.457. The minimum atomic E-state index is -0.359. The number of methoxy groups -OCH3 is 2. The molecule has 11 heteroatoms. The van der Waals surface area contributed by atoms with Crippen LogP contribution in [0.3, 0.4) is 0 Å². The summed E-state index contributed by atoms with van der Waals surface area (Å²) in [6.07, 6.45) is 4.98. The SMILES string of the molecule is C.COc1cc(OC)c(Cl)c(-c2nc(-c3nc(-c4cn(C)nc4C)cnc3N)cn(C)c2=O)c1. The van der Waals surface area contributed by atoms with Crippen LogP contribution in [0, 0.1) is 6.92 Å². The Morgan fingerprint density at radius 2 is 1.71 bits per heavy atom. The van der Waals surface area contributed by atoms with Crippen LogP contribution in [0.5, 0.6) is 11.5 Å². The molecule has 0 aliphatic heterocycles. The maximum Gasteiger partial charge on any atom is 0.276 e. The van der Waals surface area contributed by atoms with E-state index in [4.69, 9.17) is 26.8 Å². The minimum Gasteiger partial charge on any atom is -0.497 e. The van der Waals surface area contributed by atoms with E-state index in [0.717, 1.165) is 11.3 Å². The van der Waals surface area contributed by atoms with E-state index in [9.17, 15) is 4.79 Å². The Morgan fingerprint density at radius 3 is 2.32 bits per heavy atom. The van der Waals surface area contributed by atoms with Gasteiger partial charge in [-0.25, -0.2) is 15.0 Å². The highest BCUT2D eigenvalue weighted by Gasteiger charge is 2.20. The number of aromatic nitrogens is 6. The first-order valence-electron chi connectivity index (χ1n) is 9.86. The molecule has 0 saturated carbocycles. The number of rotatable bonds is 5.